The van der Waals surface area contributed by atoms with Crippen LogP contribution in [-0.4, -0.2) is 57.2 Å². The van der Waals surface area contributed by atoms with Crippen LogP contribution in [0.5, 0.6) is 0 Å². The van der Waals surface area contributed by atoms with Gasteiger partial charge in [-0.15, -0.1) is 0 Å². The van der Waals surface area contributed by atoms with Gasteiger partial charge in [0.05, 0.1) is 24.5 Å². The molecule has 0 aliphatic carbocycles. The number of hydrogen-bond donors (Lipinski definition) is 0. The first-order valence-electron chi connectivity index (χ1n) is 9.26. The Bertz CT molecular complexity index is 906. The quantitative estimate of drug-likeness (QED) is 0.608. The maximum Gasteiger partial charge on any atom is 0.282 e. The van der Waals surface area contributed by atoms with Crippen molar-refractivity contribution in [2.75, 3.05) is 45.4 Å². The number of hydrogen-bond acceptors (Lipinski definition) is 5. The van der Waals surface area contributed by atoms with Crippen LogP contribution in [0.2, 0.25) is 0 Å². The first kappa shape index (κ1) is 20.7. The van der Waals surface area contributed by atoms with Crippen molar-refractivity contribution in [1.82, 2.24) is 4.90 Å². The molecule has 6 nitrogen and oxygen atoms in total. The third-order valence-corrected chi connectivity index (χ3v) is 4.66. The van der Waals surface area contributed by atoms with Crippen LogP contribution in [0.1, 0.15) is 5.56 Å². The minimum absolute atomic E-state index is 0.0654. The maximum absolute atomic E-state index is 14.4. The number of benzene rings is 2. The predicted molar refractivity (Wildman–Crippen MR) is 108 cm³/mol. The van der Waals surface area contributed by atoms with E-state index in [-0.39, 0.29) is 17.0 Å². The second-order valence-electron chi connectivity index (χ2n) is 6.46. The van der Waals surface area contributed by atoms with E-state index in [9.17, 15) is 14.0 Å². The smallest absolute Gasteiger partial charge is 0.282 e. The molecule has 0 fully saturated rings. The standard InChI is InChI=1S/C22H23FN2O4/c1-28-14-12-24(13-15-29-2)20-19(16-8-4-3-5-9-16)21(26)25(22(20)27)18-11-7-6-10-17(18)23/h3-11H,12-15H2,1-2H3. The highest BCUT2D eigenvalue weighted by Gasteiger charge is 2.43. The molecule has 0 bridgehead atoms. The molecule has 0 saturated heterocycles. The van der Waals surface area contributed by atoms with Crippen molar-refractivity contribution in [2.24, 2.45) is 0 Å². The lowest BCUT2D eigenvalue weighted by atomic mass is 10.0. The van der Waals surface area contributed by atoms with E-state index < -0.39 is 17.6 Å². The minimum Gasteiger partial charge on any atom is -0.383 e. The van der Waals surface area contributed by atoms with E-state index >= 15 is 0 Å². The lowest BCUT2D eigenvalue weighted by Crippen LogP contribution is -2.38. The van der Waals surface area contributed by atoms with Crippen molar-refractivity contribution in [2.45, 2.75) is 0 Å². The van der Waals surface area contributed by atoms with E-state index in [1.807, 2.05) is 6.07 Å². The zero-order valence-electron chi connectivity index (χ0n) is 16.4. The fraction of sp³-hybridized carbons (Fsp3) is 0.273. The van der Waals surface area contributed by atoms with Gasteiger partial charge in [-0.25, -0.2) is 9.29 Å². The zero-order chi connectivity index (χ0) is 20.8. The molecule has 2 aromatic carbocycles. The first-order chi connectivity index (χ1) is 14.1. The van der Waals surface area contributed by atoms with Crippen molar-refractivity contribution in [1.29, 1.82) is 0 Å². The second-order valence-corrected chi connectivity index (χ2v) is 6.46. The number of nitrogens with zero attached hydrogens (tertiary/aromatic N) is 2. The summed E-state index contributed by atoms with van der Waals surface area (Å²) in [5.41, 5.74) is 0.994. The number of imide groups is 1. The summed E-state index contributed by atoms with van der Waals surface area (Å²) in [6.45, 7) is 1.48. The molecular weight excluding hydrogens is 375 g/mol. The van der Waals surface area contributed by atoms with Gasteiger partial charge in [0.25, 0.3) is 11.8 Å². The van der Waals surface area contributed by atoms with Crippen LogP contribution in [0.3, 0.4) is 0 Å². The largest absolute Gasteiger partial charge is 0.383 e. The Morgan fingerprint density at radius 2 is 1.45 bits per heavy atom. The molecule has 0 spiro atoms. The molecule has 0 aromatic heterocycles. The van der Waals surface area contributed by atoms with Gasteiger partial charge >= 0.3 is 0 Å². The van der Waals surface area contributed by atoms with E-state index in [4.69, 9.17) is 9.47 Å². The molecule has 29 heavy (non-hydrogen) atoms. The summed E-state index contributed by atoms with van der Waals surface area (Å²) in [5.74, 6) is -1.75. The van der Waals surface area contributed by atoms with E-state index in [1.54, 1.807) is 49.5 Å². The number of amides is 2. The van der Waals surface area contributed by atoms with Gasteiger partial charge in [0.15, 0.2) is 0 Å². The third kappa shape index (κ3) is 4.21. The summed E-state index contributed by atoms with van der Waals surface area (Å²) in [6.07, 6.45) is 0. The first-order valence-corrected chi connectivity index (χ1v) is 9.26. The number of ether oxygens (including phenoxy) is 2. The van der Waals surface area contributed by atoms with Gasteiger partial charge in [0.2, 0.25) is 0 Å². The Morgan fingerprint density at radius 1 is 0.862 bits per heavy atom. The van der Waals surface area contributed by atoms with Crippen LogP contribution in [-0.2, 0) is 19.1 Å². The van der Waals surface area contributed by atoms with Crippen molar-refractivity contribution in [3.05, 3.63) is 71.7 Å². The van der Waals surface area contributed by atoms with Crippen LogP contribution in [0.4, 0.5) is 10.1 Å². The number of carbonyl (C=O) groups excluding carboxylic acids is 2. The summed E-state index contributed by atoms with van der Waals surface area (Å²) < 4.78 is 24.8. The molecule has 2 aromatic rings. The Morgan fingerprint density at radius 3 is 2.03 bits per heavy atom. The van der Waals surface area contributed by atoms with Gasteiger partial charge in [0.1, 0.15) is 11.5 Å². The summed E-state index contributed by atoms with van der Waals surface area (Å²) >= 11 is 0. The molecule has 3 rings (SSSR count). The topological polar surface area (TPSA) is 59.1 Å². The molecule has 1 heterocycles. The number of methoxy groups -OCH3 is 2. The monoisotopic (exact) mass is 398 g/mol. The highest BCUT2D eigenvalue weighted by atomic mass is 19.1. The Kier molecular flexibility index (Phi) is 6.74. The molecule has 152 valence electrons. The van der Waals surface area contributed by atoms with Gasteiger partial charge in [-0.2, -0.15) is 0 Å². The molecule has 0 N–H and O–H groups in total. The maximum atomic E-state index is 14.4. The highest BCUT2D eigenvalue weighted by Crippen LogP contribution is 2.35. The SMILES string of the molecule is COCCN(CCOC)C1=C(c2ccccc2)C(=O)N(c2ccccc2F)C1=O. The second kappa shape index (κ2) is 9.45. The molecule has 0 radical (unpaired) electrons. The van der Waals surface area contributed by atoms with Crippen LogP contribution < -0.4 is 4.90 Å². The van der Waals surface area contributed by atoms with E-state index in [0.717, 1.165) is 4.90 Å². The van der Waals surface area contributed by atoms with E-state index in [1.165, 1.54) is 18.2 Å². The van der Waals surface area contributed by atoms with Crippen LogP contribution in [0, 0.1) is 5.82 Å². The molecule has 0 atom stereocenters. The molecule has 0 unspecified atom stereocenters. The lowest BCUT2D eigenvalue weighted by molar-refractivity contribution is -0.120. The van der Waals surface area contributed by atoms with Gasteiger partial charge < -0.3 is 14.4 Å². The fourth-order valence-corrected chi connectivity index (χ4v) is 3.27. The van der Waals surface area contributed by atoms with Crippen molar-refractivity contribution in [3.63, 3.8) is 0 Å². The molecular formula is C22H23FN2O4. The average molecular weight is 398 g/mol. The molecule has 7 heteroatoms. The molecule has 0 saturated carbocycles. The number of carbonyl (C=O) groups is 2. The lowest BCUT2D eigenvalue weighted by Gasteiger charge is -2.25. The highest BCUT2D eigenvalue weighted by molar-refractivity contribution is 6.45. The van der Waals surface area contributed by atoms with Crippen LogP contribution in [0.15, 0.2) is 60.3 Å². The van der Waals surface area contributed by atoms with Crippen molar-refractivity contribution in [3.8, 4) is 0 Å². The summed E-state index contributed by atoms with van der Waals surface area (Å²) in [6, 6.07) is 14.7. The number of halogens is 1. The summed E-state index contributed by atoms with van der Waals surface area (Å²) in [5, 5.41) is 0. The average Bonchev–Trinajstić information content (AvgIpc) is 2.99. The third-order valence-electron chi connectivity index (χ3n) is 4.66. The van der Waals surface area contributed by atoms with Crippen LogP contribution in [0.25, 0.3) is 5.57 Å². The van der Waals surface area contributed by atoms with Gasteiger partial charge in [-0.1, -0.05) is 42.5 Å². The van der Waals surface area contributed by atoms with Crippen molar-refractivity contribution >= 4 is 23.1 Å². The number of rotatable bonds is 9. The van der Waals surface area contributed by atoms with E-state index in [0.29, 0.717) is 31.9 Å². The Balaban J connectivity index is 2.12. The molecule has 1 aliphatic rings. The summed E-state index contributed by atoms with van der Waals surface area (Å²) in [7, 11) is 3.13. The van der Waals surface area contributed by atoms with Crippen LogP contribution >= 0.6 is 0 Å². The Labute approximate surface area is 169 Å². The number of anilines is 1. The van der Waals surface area contributed by atoms with Gasteiger partial charge in [0, 0.05) is 27.3 Å². The van der Waals surface area contributed by atoms with Crippen molar-refractivity contribution < 1.29 is 23.5 Å². The number of para-hydroxylation sites is 1. The zero-order valence-corrected chi connectivity index (χ0v) is 16.4. The molecule has 1 aliphatic heterocycles. The van der Waals surface area contributed by atoms with Gasteiger partial charge in [-0.05, 0) is 17.7 Å². The molecule has 2 amide bonds. The predicted octanol–water partition coefficient (Wildman–Crippen LogP) is 2.71. The van der Waals surface area contributed by atoms with Gasteiger partial charge in [-0.3, -0.25) is 9.59 Å². The van der Waals surface area contributed by atoms with E-state index in [2.05, 4.69) is 0 Å². The summed E-state index contributed by atoms with van der Waals surface area (Å²) in [4.78, 5) is 29.4. The fourth-order valence-electron chi connectivity index (χ4n) is 3.27. The normalized spacial score (nSPS) is 14.1. The Hall–Kier alpha value is -3.03. The minimum atomic E-state index is -0.636.